The normalized spacial score (nSPS) is 20.8. The summed E-state index contributed by atoms with van der Waals surface area (Å²) in [6, 6.07) is 2.70. The predicted molar refractivity (Wildman–Crippen MR) is 173 cm³/mol. The zero-order chi connectivity index (χ0) is 33.7. The van der Waals surface area contributed by atoms with E-state index in [1.54, 1.807) is 13.0 Å². The highest BCUT2D eigenvalue weighted by molar-refractivity contribution is 6.15. The Morgan fingerprint density at radius 2 is 1.70 bits per heavy atom. The summed E-state index contributed by atoms with van der Waals surface area (Å²) in [5, 5.41) is 23.1. The van der Waals surface area contributed by atoms with Crippen molar-refractivity contribution in [1.29, 1.82) is 0 Å². The number of aromatic hydroxyl groups is 1. The highest BCUT2D eigenvalue weighted by Crippen LogP contribution is 2.44. The van der Waals surface area contributed by atoms with Gasteiger partial charge in [0.2, 0.25) is 5.91 Å². The third-order valence-corrected chi connectivity index (χ3v) is 8.07. The molecular weight excluding hydrogens is 595 g/mol. The number of piperidine rings is 1. The Kier molecular flexibility index (Phi) is 16.4. The van der Waals surface area contributed by atoms with Gasteiger partial charge in [0.05, 0.1) is 24.0 Å². The van der Waals surface area contributed by atoms with Crippen molar-refractivity contribution in [1.82, 2.24) is 15.1 Å². The van der Waals surface area contributed by atoms with Gasteiger partial charge in [-0.15, -0.1) is 11.6 Å². The molecule has 1 spiro atoms. The van der Waals surface area contributed by atoms with Crippen LogP contribution in [-0.4, -0.2) is 77.2 Å². The van der Waals surface area contributed by atoms with Gasteiger partial charge < -0.3 is 31.9 Å². The minimum atomic E-state index is -4.56. The molecule has 0 aromatic heterocycles. The van der Waals surface area contributed by atoms with Crippen molar-refractivity contribution in [2.75, 3.05) is 39.1 Å². The van der Waals surface area contributed by atoms with E-state index in [4.69, 9.17) is 11.5 Å². The second-order valence-corrected chi connectivity index (χ2v) is 11.1. The largest absolute Gasteiger partial charge is 0.507 e. The van der Waals surface area contributed by atoms with Crippen LogP contribution >= 0.6 is 11.6 Å². The number of nitrogens with zero attached hydrogens (tertiary/aromatic N) is 2. The van der Waals surface area contributed by atoms with E-state index in [1.165, 1.54) is 6.38 Å². The van der Waals surface area contributed by atoms with E-state index in [9.17, 15) is 28.2 Å². The van der Waals surface area contributed by atoms with Crippen molar-refractivity contribution in [3.8, 4) is 5.75 Å². The highest BCUT2D eigenvalue weighted by atomic mass is 35.5. The van der Waals surface area contributed by atoms with Crippen molar-refractivity contribution >= 4 is 23.2 Å². The van der Waals surface area contributed by atoms with Gasteiger partial charge in [-0.25, -0.2) is 0 Å². The third-order valence-electron chi connectivity index (χ3n) is 8.07. The number of aliphatic hydroxyl groups is 1. The Morgan fingerprint density at radius 1 is 1.11 bits per heavy atom. The number of hydrogen-bond donors (Lipinski definition) is 5. The number of allylic oxidation sites excluding steroid dienone is 2. The predicted octanol–water partition coefficient (Wildman–Crippen LogP) is 5.63. The first-order chi connectivity index (χ1) is 20.8. The topological polar surface area (TPSA) is 128 Å². The number of alkyl halides is 4. The molecule has 3 fully saturated rings. The number of carbonyl (C=O) groups excluding carboxylic acids is 1. The average Bonchev–Trinajstić information content (AvgIpc) is 2.99. The van der Waals surface area contributed by atoms with Crippen LogP contribution in [-0.2, 0) is 11.0 Å². The van der Waals surface area contributed by atoms with Gasteiger partial charge in [-0.2, -0.15) is 13.2 Å². The molecule has 1 amide bonds. The Balaban J connectivity index is 0.00000152. The van der Waals surface area contributed by atoms with Gasteiger partial charge in [-0.3, -0.25) is 9.69 Å². The molecular formula is C32H53ClF3N5O3. The van der Waals surface area contributed by atoms with Gasteiger partial charge in [0.15, 0.2) is 0 Å². The van der Waals surface area contributed by atoms with Crippen LogP contribution in [0.15, 0.2) is 35.7 Å². The molecule has 7 N–H and O–H groups in total. The summed E-state index contributed by atoms with van der Waals surface area (Å²) in [6.07, 6.45) is 3.71. The van der Waals surface area contributed by atoms with Gasteiger partial charge >= 0.3 is 6.18 Å². The molecule has 8 nitrogen and oxygen atoms in total. The van der Waals surface area contributed by atoms with E-state index in [2.05, 4.69) is 21.8 Å². The molecule has 2 aliphatic heterocycles. The molecule has 0 bridgehead atoms. The number of aliphatic hydroxyl groups excluding tert-OH is 1. The fourth-order valence-electron chi connectivity index (χ4n) is 5.82. The lowest BCUT2D eigenvalue weighted by atomic mass is 9.68. The molecule has 0 radical (unpaired) electrons. The summed E-state index contributed by atoms with van der Waals surface area (Å²) < 4.78 is 38.6. The van der Waals surface area contributed by atoms with Crippen LogP contribution in [0.5, 0.6) is 5.75 Å². The summed E-state index contributed by atoms with van der Waals surface area (Å²) in [7, 11) is 0. The number of amides is 1. The maximum absolute atomic E-state index is 12.9. The van der Waals surface area contributed by atoms with Crippen molar-refractivity contribution < 1.29 is 28.2 Å². The summed E-state index contributed by atoms with van der Waals surface area (Å²) in [5.74, 6) is -0.0774. The lowest BCUT2D eigenvalue weighted by Crippen LogP contribution is -2.61. The molecule has 1 aromatic carbocycles. The number of benzene rings is 1. The Bertz CT molecular complexity index is 1100. The van der Waals surface area contributed by atoms with Gasteiger partial charge in [0.25, 0.3) is 0 Å². The minimum absolute atomic E-state index is 0.0314. The number of halogens is 4. The summed E-state index contributed by atoms with van der Waals surface area (Å²) in [4.78, 5) is 16.9. The van der Waals surface area contributed by atoms with Crippen LogP contribution in [0.2, 0.25) is 0 Å². The highest BCUT2D eigenvalue weighted by Gasteiger charge is 2.46. The molecule has 1 saturated carbocycles. The van der Waals surface area contributed by atoms with Gasteiger partial charge in [-0.1, -0.05) is 27.7 Å². The van der Waals surface area contributed by atoms with E-state index in [1.807, 2.05) is 32.6 Å². The summed E-state index contributed by atoms with van der Waals surface area (Å²) in [6.45, 7) is 13.1. The molecule has 1 aliphatic carbocycles. The van der Waals surface area contributed by atoms with Crippen molar-refractivity contribution in [3.63, 3.8) is 0 Å². The van der Waals surface area contributed by atoms with Crippen LogP contribution in [0.3, 0.4) is 0 Å². The number of likely N-dealkylation sites (tertiary alicyclic amines) is 2. The first-order valence-electron chi connectivity index (χ1n) is 15.5. The number of carbonyl (C=O) groups is 1. The number of nitrogens with one attached hydrogen (secondary N) is 1. The fraction of sp³-hybridized carbons (Fsp3) is 0.656. The van der Waals surface area contributed by atoms with Crippen molar-refractivity contribution in [2.45, 2.75) is 91.5 Å². The minimum Gasteiger partial charge on any atom is -0.507 e. The SMILES string of the molecule is CC.CC.CC(/C=C(\N)NC1CCCN(CC(=O)N2CC3(CCC(O)CC3)C2)C1)=C(/N)c1ccc(C(F)(F)F)cc1O.CCl. The second kappa shape index (κ2) is 18.4. The summed E-state index contributed by atoms with van der Waals surface area (Å²) >= 11 is 4.64. The quantitative estimate of drug-likeness (QED) is 0.200. The molecule has 12 heteroatoms. The first kappa shape index (κ1) is 39.4. The van der Waals surface area contributed by atoms with Gasteiger partial charge in [0.1, 0.15) is 5.75 Å². The van der Waals surface area contributed by atoms with Crippen LogP contribution in [0.4, 0.5) is 13.2 Å². The van der Waals surface area contributed by atoms with Crippen molar-refractivity contribution in [3.05, 3.63) is 46.8 Å². The number of phenolic OH excluding ortho intramolecular Hbond substituents is 1. The van der Waals surface area contributed by atoms with Crippen LogP contribution < -0.4 is 16.8 Å². The number of phenols is 1. The van der Waals surface area contributed by atoms with E-state index in [0.29, 0.717) is 30.5 Å². The fourth-order valence-corrected chi connectivity index (χ4v) is 5.82. The summed E-state index contributed by atoms with van der Waals surface area (Å²) in [5.41, 5.74) is 12.3. The van der Waals surface area contributed by atoms with E-state index in [0.717, 1.165) is 70.3 Å². The smallest absolute Gasteiger partial charge is 0.416 e. The monoisotopic (exact) mass is 647 g/mol. The van der Waals surface area contributed by atoms with Gasteiger partial charge in [0, 0.05) is 48.7 Å². The number of rotatable bonds is 6. The van der Waals surface area contributed by atoms with E-state index < -0.39 is 17.5 Å². The zero-order valence-corrected chi connectivity index (χ0v) is 27.9. The number of nitrogens with two attached hydrogens (primary N) is 2. The zero-order valence-electron chi connectivity index (χ0n) is 27.1. The van der Waals surface area contributed by atoms with Crippen LogP contribution in [0, 0.1) is 5.41 Å². The molecule has 2 saturated heterocycles. The lowest BCUT2D eigenvalue weighted by molar-refractivity contribution is -0.148. The molecule has 1 atom stereocenters. The molecule has 44 heavy (non-hydrogen) atoms. The molecule has 4 rings (SSSR count). The molecule has 1 unspecified atom stereocenters. The third kappa shape index (κ3) is 11.1. The van der Waals surface area contributed by atoms with Gasteiger partial charge in [-0.05, 0) is 81.8 Å². The lowest BCUT2D eigenvalue weighted by Gasteiger charge is -2.53. The molecule has 252 valence electrons. The van der Waals surface area contributed by atoms with Crippen LogP contribution in [0.1, 0.15) is 84.3 Å². The molecule has 2 heterocycles. The number of hydrogen-bond acceptors (Lipinski definition) is 7. The van der Waals surface area contributed by atoms with Crippen LogP contribution in [0.25, 0.3) is 5.70 Å². The molecule has 3 aliphatic rings. The second-order valence-electron chi connectivity index (χ2n) is 11.1. The van der Waals surface area contributed by atoms with Crippen molar-refractivity contribution in [2.24, 2.45) is 16.9 Å². The molecule has 1 aromatic rings. The van der Waals surface area contributed by atoms with E-state index in [-0.39, 0.29) is 34.7 Å². The standard InChI is InChI=1S/C27H38F3N5O3.2C2H6.CH3Cl/c1-17(25(32)21-5-4-18(12-22(21)37)27(28,29)30)11-23(31)33-19-3-2-10-34(13-19)14-24(38)35-15-26(16-35)8-6-20(36)7-9-26;3*1-2/h4-5,11-12,19-20,33,36-37H,2-3,6-10,13-16,31-32H2,1H3;2*1-2H3;1H3/b23-11+,25-17-;;;. The Labute approximate surface area is 266 Å². The van der Waals surface area contributed by atoms with E-state index >= 15 is 0 Å². The Morgan fingerprint density at radius 3 is 2.25 bits per heavy atom. The Hall–Kier alpha value is -2.63. The average molecular weight is 648 g/mol. The maximum atomic E-state index is 12.9. The maximum Gasteiger partial charge on any atom is 0.416 e. The first-order valence-corrected chi connectivity index (χ1v) is 16.3.